The third-order valence-electron chi connectivity index (χ3n) is 3.99. The van der Waals surface area contributed by atoms with E-state index in [9.17, 15) is 0 Å². The average molecular weight is 262 g/mol. The monoisotopic (exact) mass is 262 g/mol. The summed E-state index contributed by atoms with van der Waals surface area (Å²) in [5.74, 6) is 1.10. The summed E-state index contributed by atoms with van der Waals surface area (Å²) < 4.78 is 1.21. The van der Waals surface area contributed by atoms with E-state index in [2.05, 4.69) is 45.6 Å². The normalized spacial score (nSPS) is 19.3. The van der Waals surface area contributed by atoms with E-state index in [0.29, 0.717) is 0 Å². The van der Waals surface area contributed by atoms with Crippen LogP contribution in [-0.2, 0) is 0 Å². The van der Waals surface area contributed by atoms with Crippen LogP contribution in [0.2, 0.25) is 0 Å². The van der Waals surface area contributed by atoms with Crippen LogP contribution >= 0.6 is 11.3 Å². The van der Waals surface area contributed by atoms with E-state index in [1.54, 1.807) is 17.7 Å². The predicted octanol–water partition coefficient (Wildman–Crippen LogP) is 2.27. The third-order valence-corrected chi connectivity index (χ3v) is 4.89. The summed E-state index contributed by atoms with van der Waals surface area (Å²) in [6, 6.07) is 2.06. The summed E-state index contributed by atoms with van der Waals surface area (Å²) in [5, 5.41) is 5.52. The molecule has 0 aliphatic carbocycles. The van der Waals surface area contributed by atoms with Crippen molar-refractivity contribution in [3.8, 4) is 0 Å². The van der Waals surface area contributed by atoms with Crippen molar-refractivity contribution in [1.82, 2.24) is 15.3 Å². The minimum atomic E-state index is 0.276. The van der Waals surface area contributed by atoms with E-state index in [1.165, 1.54) is 4.70 Å². The zero-order chi connectivity index (χ0) is 12.6. The van der Waals surface area contributed by atoms with Crippen molar-refractivity contribution in [1.29, 1.82) is 0 Å². The lowest BCUT2D eigenvalue weighted by atomic mass is 9.90. The van der Waals surface area contributed by atoms with Crippen LogP contribution < -0.4 is 10.2 Å². The van der Waals surface area contributed by atoms with Crippen LogP contribution in [0.1, 0.15) is 19.8 Å². The van der Waals surface area contributed by atoms with E-state index in [-0.39, 0.29) is 5.54 Å². The first-order valence-electron chi connectivity index (χ1n) is 6.34. The van der Waals surface area contributed by atoms with Gasteiger partial charge in [0.1, 0.15) is 12.1 Å². The van der Waals surface area contributed by atoms with Gasteiger partial charge in [-0.2, -0.15) is 0 Å². The Labute approximate surface area is 111 Å². The number of anilines is 1. The zero-order valence-corrected chi connectivity index (χ0v) is 11.6. The van der Waals surface area contributed by atoms with E-state index < -0.39 is 0 Å². The lowest BCUT2D eigenvalue weighted by Gasteiger charge is -2.39. The van der Waals surface area contributed by atoms with Gasteiger partial charge in [-0.1, -0.05) is 0 Å². The molecule has 0 atom stereocenters. The highest BCUT2D eigenvalue weighted by atomic mass is 32.1. The number of thiophene rings is 1. The molecule has 1 aliphatic rings. The van der Waals surface area contributed by atoms with Crippen molar-refractivity contribution in [3.05, 3.63) is 17.8 Å². The zero-order valence-electron chi connectivity index (χ0n) is 10.8. The van der Waals surface area contributed by atoms with Gasteiger partial charge in [0.25, 0.3) is 0 Å². The maximum Gasteiger partial charge on any atom is 0.150 e. The summed E-state index contributed by atoms with van der Waals surface area (Å²) in [6.07, 6.45) is 3.98. The second kappa shape index (κ2) is 4.48. The molecule has 96 valence electrons. The molecule has 0 unspecified atom stereocenters. The molecule has 3 rings (SSSR count). The number of rotatable bonds is 2. The van der Waals surface area contributed by atoms with Crippen LogP contribution in [0.5, 0.6) is 0 Å². The van der Waals surface area contributed by atoms with Crippen LogP contribution in [-0.4, -0.2) is 35.6 Å². The van der Waals surface area contributed by atoms with E-state index in [1.807, 2.05) is 0 Å². The molecular formula is C13H18N4S. The van der Waals surface area contributed by atoms with Gasteiger partial charge in [0.05, 0.1) is 10.2 Å². The van der Waals surface area contributed by atoms with Crippen molar-refractivity contribution >= 4 is 27.4 Å². The molecule has 5 heteroatoms. The fourth-order valence-corrected chi connectivity index (χ4v) is 3.32. The first kappa shape index (κ1) is 11.9. The number of hydrogen-bond acceptors (Lipinski definition) is 5. The first-order chi connectivity index (χ1) is 8.72. The summed E-state index contributed by atoms with van der Waals surface area (Å²) in [7, 11) is 2.05. The Morgan fingerprint density at radius 3 is 2.83 bits per heavy atom. The molecule has 3 heterocycles. The van der Waals surface area contributed by atoms with E-state index in [0.717, 1.165) is 37.3 Å². The molecule has 2 aromatic heterocycles. The minimum absolute atomic E-state index is 0.276. The molecule has 0 saturated carbocycles. The second-order valence-electron chi connectivity index (χ2n) is 5.13. The summed E-state index contributed by atoms with van der Waals surface area (Å²) in [4.78, 5) is 11.2. The highest BCUT2D eigenvalue weighted by Crippen LogP contribution is 2.31. The van der Waals surface area contributed by atoms with Crippen molar-refractivity contribution in [2.24, 2.45) is 0 Å². The van der Waals surface area contributed by atoms with Crippen molar-refractivity contribution in [2.75, 3.05) is 25.0 Å². The average Bonchev–Trinajstić information content (AvgIpc) is 2.88. The van der Waals surface area contributed by atoms with Crippen LogP contribution in [0.15, 0.2) is 17.8 Å². The molecule has 1 fully saturated rings. The maximum absolute atomic E-state index is 4.48. The fourth-order valence-electron chi connectivity index (χ4n) is 2.46. The van der Waals surface area contributed by atoms with Crippen LogP contribution in [0, 0.1) is 0 Å². The summed E-state index contributed by atoms with van der Waals surface area (Å²) in [5.41, 5.74) is 1.34. The van der Waals surface area contributed by atoms with Gasteiger partial charge in [-0.05, 0) is 38.3 Å². The standard InChI is InChI=1S/C13H18N4S/c1-13(14-2)4-6-17(7-5-13)12-11-10(3-8-18-11)15-9-16-12/h3,8-9,14H,4-7H2,1-2H3. The van der Waals surface area contributed by atoms with Gasteiger partial charge in [0.15, 0.2) is 0 Å². The summed E-state index contributed by atoms with van der Waals surface area (Å²) >= 11 is 1.73. The Morgan fingerprint density at radius 1 is 1.33 bits per heavy atom. The first-order valence-corrected chi connectivity index (χ1v) is 7.22. The highest BCUT2D eigenvalue weighted by molar-refractivity contribution is 7.17. The van der Waals surface area contributed by atoms with Crippen molar-refractivity contribution < 1.29 is 0 Å². The number of nitrogens with zero attached hydrogens (tertiary/aromatic N) is 3. The van der Waals surface area contributed by atoms with Crippen LogP contribution in [0.4, 0.5) is 5.82 Å². The van der Waals surface area contributed by atoms with Gasteiger partial charge < -0.3 is 10.2 Å². The van der Waals surface area contributed by atoms with E-state index >= 15 is 0 Å². The molecule has 0 aromatic carbocycles. The van der Waals surface area contributed by atoms with Gasteiger partial charge in [0, 0.05) is 18.6 Å². The molecule has 0 spiro atoms. The Bertz CT molecular complexity index is 543. The van der Waals surface area contributed by atoms with Gasteiger partial charge >= 0.3 is 0 Å². The smallest absolute Gasteiger partial charge is 0.150 e. The van der Waals surface area contributed by atoms with Gasteiger partial charge in [-0.25, -0.2) is 9.97 Å². The van der Waals surface area contributed by atoms with Crippen LogP contribution in [0.3, 0.4) is 0 Å². The third kappa shape index (κ3) is 1.97. The minimum Gasteiger partial charge on any atom is -0.355 e. The fraction of sp³-hybridized carbons (Fsp3) is 0.538. The van der Waals surface area contributed by atoms with Crippen molar-refractivity contribution in [2.45, 2.75) is 25.3 Å². The molecule has 18 heavy (non-hydrogen) atoms. The van der Waals surface area contributed by atoms with E-state index in [4.69, 9.17) is 0 Å². The highest BCUT2D eigenvalue weighted by Gasteiger charge is 2.29. The largest absolute Gasteiger partial charge is 0.355 e. The molecule has 0 radical (unpaired) electrons. The van der Waals surface area contributed by atoms with Gasteiger partial charge in [0.2, 0.25) is 0 Å². The van der Waals surface area contributed by atoms with Crippen molar-refractivity contribution in [3.63, 3.8) is 0 Å². The molecule has 1 saturated heterocycles. The number of nitrogens with one attached hydrogen (secondary N) is 1. The number of piperidine rings is 1. The Kier molecular flexibility index (Phi) is 2.95. The van der Waals surface area contributed by atoms with Gasteiger partial charge in [-0.3, -0.25) is 0 Å². The molecule has 1 N–H and O–H groups in total. The quantitative estimate of drug-likeness (QED) is 0.901. The summed E-state index contributed by atoms with van der Waals surface area (Å²) in [6.45, 7) is 4.41. The Hall–Kier alpha value is -1.20. The molecular weight excluding hydrogens is 244 g/mol. The number of aromatic nitrogens is 2. The van der Waals surface area contributed by atoms with Crippen LogP contribution in [0.25, 0.3) is 10.2 Å². The maximum atomic E-state index is 4.48. The topological polar surface area (TPSA) is 41.0 Å². The lowest BCUT2D eigenvalue weighted by molar-refractivity contribution is 0.304. The molecule has 4 nitrogen and oxygen atoms in total. The Morgan fingerprint density at radius 2 is 2.11 bits per heavy atom. The molecule has 1 aliphatic heterocycles. The molecule has 0 amide bonds. The number of fused-ring (bicyclic) bond motifs is 1. The SMILES string of the molecule is CNC1(C)CCN(c2ncnc3ccsc23)CC1. The Balaban J connectivity index is 1.86. The van der Waals surface area contributed by atoms with Gasteiger partial charge in [-0.15, -0.1) is 11.3 Å². The second-order valence-corrected chi connectivity index (χ2v) is 6.05. The molecule has 2 aromatic rings. The molecule has 0 bridgehead atoms. The predicted molar refractivity (Wildman–Crippen MR) is 76.3 cm³/mol. The lowest BCUT2D eigenvalue weighted by Crippen LogP contribution is -2.50. The number of hydrogen-bond donors (Lipinski definition) is 1.